The Balaban J connectivity index is 2.10. The minimum Gasteiger partial charge on any atom is -0.367 e. The molecule has 2 rings (SSSR count). The largest absolute Gasteiger partial charge is 0.367 e. The Morgan fingerprint density at radius 1 is 1.18 bits per heavy atom. The van der Waals surface area contributed by atoms with Crippen LogP contribution in [0, 0.1) is 0 Å². The van der Waals surface area contributed by atoms with E-state index in [0.717, 1.165) is 31.9 Å². The maximum atomic E-state index is 11.2. The van der Waals surface area contributed by atoms with Crippen LogP contribution in [0.5, 0.6) is 0 Å². The average Bonchev–Trinajstić information content (AvgIpc) is 2.32. The zero-order chi connectivity index (χ0) is 12.4. The van der Waals surface area contributed by atoms with Crippen LogP contribution >= 0.6 is 23.2 Å². The van der Waals surface area contributed by atoms with Gasteiger partial charge in [-0.3, -0.25) is 4.79 Å². The van der Waals surface area contributed by atoms with Gasteiger partial charge in [0.2, 0.25) is 5.91 Å². The lowest BCUT2D eigenvalue weighted by Gasteiger charge is -2.36. The Bertz CT molecular complexity index is 429. The second-order valence-corrected chi connectivity index (χ2v) is 4.93. The molecule has 0 spiro atoms. The number of rotatable bonds is 1. The van der Waals surface area contributed by atoms with Gasteiger partial charge in [-0.25, -0.2) is 0 Å². The highest BCUT2D eigenvalue weighted by Crippen LogP contribution is 2.29. The quantitative estimate of drug-likeness (QED) is 0.785. The van der Waals surface area contributed by atoms with E-state index in [2.05, 4.69) is 4.90 Å². The number of amides is 1. The maximum Gasteiger partial charge on any atom is 0.219 e. The van der Waals surface area contributed by atoms with Crippen LogP contribution in [0.3, 0.4) is 0 Å². The molecule has 1 fully saturated rings. The molecule has 17 heavy (non-hydrogen) atoms. The lowest BCUT2D eigenvalue weighted by molar-refractivity contribution is -0.129. The molecule has 0 aromatic heterocycles. The summed E-state index contributed by atoms with van der Waals surface area (Å²) in [6.45, 7) is 4.65. The van der Waals surface area contributed by atoms with E-state index in [-0.39, 0.29) is 5.91 Å². The van der Waals surface area contributed by atoms with Crippen LogP contribution < -0.4 is 4.90 Å². The van der Waals surface area contributed by atoms with Crippen molar-refractivity contribution in [3.63, 3.8) is 0 Å². The van der Waals surface area contributed by atoms with Gasteiger partial charge in [0.15, 0.2) is 0 Å². The van der Waals surface area contributed by atoms with Gasteiger partial charge in [0.1, 0.15) is 0 Å². The molecule has 1 aromatic rings. The number of piperazine rings is 1. The van der Waals surface area contributed by atoms with Crippen LogP contribution in [0.1, 0.15) is 6.92 Å². The first-order valence-electron chi connectivity index (χ1n) is 5.53. The van der Waals surface area contributed by atoms with Crippen molar-refractivity contribution in [3.8, 4) is 0 Å². The van der Waals surface area contributed by atoms with Crippen molar-refractivity contribution >= 4 is 34.8 Å². The molecule has 0 aliphatic carbocycles. The maximum absolute atomic E-state index is 11.2. The molecule has 1 amide bonds. The van der Waals surface area contributed by atoms with Crippen molar-refractivity contribution in [1.29, 1.82) is 0 Å². The van der Waals surface area contributed by atoms with Crippen molar-refractivity contribution < 1.29 is 4.79 Å². The van der Waals surface area contributed by atoms with Crippen molar-refractivity contribution in [2.24, 2.45) is 0 Å². The van der Waals surface area contributed by atoms with E-state index in [1.54, 1.807) is 19.1 Å². The molecule has 3 nitrogen and oxygen atoms in total. The lowest BCUT2D eigenvalue weighted by Crippen LogP contribution is -2.48. The van der Waals surface area contributed by atoms with E-state index in [1.807, 2.05) is 11.0 Å². The minimum atomic E-state index is 0.127. The van der Waals surface area contributed by atoms with Crippen molar-refractivity contribution in [2.75, 3.05) is 31.1 Å². The van der Waals surface area contributed by atoms with Crippen molar-refractivity contribution in [2.45, 2.75) is 6.92 Å². The lowest BCUT2D eigenvalue weighted by atomic mass is 10.2. The van der Waals surface area contributed by atoms with Gasteiger partial charge in [-0.15, -0.1) is 0 Å². The first kappa shape index (κ1) is 12.5. The summed E-state index contributed by atoms with van der Waals surface area (Å²) in [7, 11) is 0. The molecular formula is C12H14Cl2N2O. The van der Waals surface area contributed by atoms with Crippen LogP contribution in [0.2, 0.25) is 10.0 Å². The molecule has 5 heteroatoms. The highest BCUT2D eigenvalue weighted by molar-refractivity contribution is 6.35. The summed E-state index contributed by atoms with van der Waals surface area (Å²) < 4.78 is 0. The van der Waals surface area contributed by atoms with Gasteiger partial charge in [0.05, 0.1) is 10.7 Å². The molecule has 0 radical (unpaired) electrons. The zero-order valence-electron chi connectivity index (χ0n) is 9.62. The second kappa shape index (κ2) is 5.15. The molecule has 1 aromatic carbocycles. The normalized spacial score (nSPS) is 16.2. The molecule has 92 valence electrons. The Morgan fingerprint density at radius 2 is 1.82 bits per heavy atom. The number of anilines is 1. The predicted molar refractivity (Wildman–Crippen MR) is 70.9 cm³/mol. The third-order valence-electron chi connectivity index (χ3n) is 2.97. The number of hydrogen-bond acceptors (Lipinski definition) is 2. The molecule has 1 saturated heterocycles. The van der Waals surface area contributed by atoms with Crippen molar-refractivity contribution in [1.82, 2.24) is 4.90 Å². The number of nitrogens with zero attached hydrogens (tertiary/aromatic N) is 2. The molecule has 1 heterocycles. The fourth-order valence-corrected chi connectivity index (χ4v) is 2.39. The smallest absolute Gasteiger partial charge is 0.219 e. The third-order valence-corrected chi connectivity index (χ3v) is 3.53. The molecule has 0 N–H and O–H groups in total. The highest BCUT2D eigenvalue weighted by atomic mass is 35.5. The molecule has 0 bridgehead atoms. The molecule has 1 aliphatic heterocycles. The summed E-state index contributed by atoms with van der Waals surface area (Å²) in [6, 6.07) is 5.45. The van der Waals surface area contributed by atoms with Gasteiger partial charge < -0.3 is 9.80 Å². The fraction of sp³-hybridized carbons (Fsp3) is 0.417. The summed E-state index contributed by atoms with van der Waals surface area (Å²) in [5.41, 5.74) is 0.947. The van der Waals surface area contributed by atoms with E-state index in [0.29, 0.717) is 10.0 Å². The summed E-state index contributed by atoms with van der Waals surface area (Å²) in [4.78, 5) is 15.2. The summed E-state index contributed by atoms with van der Waals surface area (Å²) >= 11 is 12.1. The van der Waals surface area contributed by atoms with Gasteiger partial charge in [0, 0.05) is 38.1 Å². The number of carbonyl (C=O) groups is 1. The summed E-state index contributed by atoms with van der Waals surface area (Å²) in [5, 5.41) is 1.38. The zero-order valence-corrected chi connectivity index (χ0v) is 11.1. The second-order valence-electron chi connectivity index (χ2n) is 4.09. The molecule has 1 aliphatic rings. The number of halogens is 2. The van der Waals surface area contributed by atoms with Crippen LogP contribution in [0.4, 0.5) is 5.69 Å². The van der Waals surface area contributed by atoms with E-state index in [9.17, 15) is 4.79 Å². The SMILES string of the molecule is CC(=O)N1CCN(c2cc(Cl)ccc2Cl)CC1. The Labute approximate surface area is 111 Å². The Hall–Kier alpha value is -0.930. The fourth-order valence-electron chi connectivity index (χ4n) is 1.99. The summed E-state index contributed by atoms with van der Waals surface area (Å²) in [5.74, 6) is 0.127. The Kier molecular flexibility index (Phi) is 3.79. The van der Waals surface area contributed by atoms with Crippen LogP contribution in [-0.2, 0) is 4.79 Å². The monoisotopic (exact) mass is 272 g/mol. The van der Waals surface area contributed by atoms with Gasteiger partial charge >= 0.3 is 0 Å². The number of carbonyl (C=O) groups excluding carboxylic acids is 1. The van der Waals surface area contributed by atoms with E-state index >= 15 is 0 Å². The van der Waals surface area contributed by atoms with Crippen LogP contribution in [0.15, 0.2) is 18.2 Å². The highest BCUT2D eigenvalue weighted by Gasteiger charge is 2.20. The number of hydrogen-bond donors (Lipinski definition) is 0. The van der Waals surface area contributed by atoms with Gasteiger partial charge in [-0.05, 0) is 18.2 Å². The van der Waals surface area contributed by atoms with Crippen molar-refractivity contribution in [3.05, 3.63) is 28.2 Å². The standard InChI is InChI=1S/C12H14Cl2N2O/c1-9(17)15-4-6-16(7-5-15)12-8-10(13)2-3-11(12)14/h2-3,8H,4-7H2,1H3. The van der Waals surface area contributed by atoms with E-state index < -0.39 is 0 Å². The average molecular weight is 273 g/mol. The van der Waals surface area contributed by atoms with Gasteiger partial charge in [-0.1, -0.05) is 23.2 Å². The van der Waals surface area contributed by atoms with Gasteiger partial charge in [-0.2, -0.15) is 0 Å². The topological polar surface area (TPSA) is 23.6 Å². The third kappa shape index (κ3) is 2.85. The summed E-state index contributed by atoms with van der Waals surface area (Å²) in [6.07, 6.45) is 0. The van der Waals surface area contributed by atoms with Crippen LogP contribution in [0.25, 0.3) is 0 Å². The van der Waals surface area contributed by atoms with E-state index in [4.69, 9.17) is 23.2 Å². The Morgan fingerprint density at radius 3 is 2.41 bits per heavy atom. The molecular weight excluding hydrogens is 259 g/mol. The van der Waals surface area contributed by atoms with Gasteiger partial charge in [0.25, 0.3) is 0 Å². The first-order valence-corrected chi connectivity index (χ1v) is 6.29. The molecule has 0 atom stereocenters. The predicted octanol–water partition coefficient (Wildman–Crippen LogP) is 2.66. The number of benzene rings is 1. The minimum absolute atomic E-state index is 0.127. The molecule has 0 unspecified atom stereocenters. The van der Waals surface area contributed by atoms with E-state index in [1.165, 1.54) is 0 Å². The molecule has 0 saturated carbocycles. The van der Waals surface area contributed by atoms with Crippen LogP contribution in [-0.4, -0.2) is 37.0 Å². The first-order chi connectivity index (χ1) is 8.08.